The SMILES string of the molecule is Cc1nn(CC(=O)OC(C)C)c(C)c1CN1CCC(N2CCNCC2)C1. The summed E-state index contributed by atoms with van der Waals surface area (Å²) < 4.78 is 7.04. The summed E-state index contributed by atoms with van der Waals surface area (Å²) >= 11 is 0. The fourth-order valence-electron chi connectivity index (χ4n) is 4.06. The molecule has 2 saturated heterocycles. The highest BCUT2D eigenvalue weighted by molar-refractivity contribution is 5.69. The fourth-order valence-corrected chi connectivity index (χ4v) is 4.06. The molecule has 7 heteroatoms. The van der Waals surface area contributed by atoms with Crippen molar-refractivity contribution < 1.29 is 9.53 Å². The molecule has 146 valence electrons. The smallest absolute Gasteiger partial charge is 0.328 e. The third-order valence-corrected chi connectivity index (χ3v) is 5.47. The van der Waals surface area contributed by atoms with Gasteiger partial charge in [-0.1, -0.05) is 0 Å². The number of hydrogen-bond donors (Lipinski definition) is 1. The maximum absolute atomic E-state index is 12.0. The van der Waals surface area contributed by atoms with Crippen LogP contribution in [0, 0.1) is 13.8 Å². The number of likely N-dealkylation sites (tertiary alicyclic amines) is 1. The number of carbonyl (C=O) groups excluding carboxylic acids is 1. The van der Waals surface area contributed by atoms with E-state index in [9.17, 15) is 4.79 Å². The Morgan fingerprint density at radius 3 is 2.69 bits per heavy atom. The lowest BCUT2D eigenvalue weighted by molar-refractivity contribution is -0.148. The van der Waals surface area contributed by atoms with Crippen LogP contribution < -0.4 is 5.32 Å². The first-order valence-corrected chi connectivity index (χ1v) is 9.83. The Balaban J connectivity index is 1.59. The van der Waals surface area contributed by atoms with Crippen LogP contribution in [-0.2, 0) is 22.6 Å². The van der Waals surface area contributed by atoms with E-state index in [-0.39, 0.29) is 18.6 Å². The van der Waals surface area contributed by atoms with Crippen molar-refractivity contribution >= 4 is 5.97 Å². The van der Waals surface area contributed by atoms with Gasteiger partial charge in [0.15, 0.2) is 0 Å². The van der Waals surface area contributed by atoms with Gasteiger partial charge in [-0.05, 0) is 34.1 Å². The maximum Gasteiger partial charge on any atom is 0.328 e. The number of carbonyl (C=O) groups is 1. The monoisotopic (exact) mass is 363 g/mol. The predicted molar refractivity (Wildman–Crippen MR) is 101 cm³/mol. The highest BCUT2D eigenvalue weighted by atomic mass is 16.5. The van der Waals surface area contributed by atoms with Gasteiger partial charge in [0.1, 0.15) is 6.54 Å². The first-order valence-electron chi connectivity index (χ1n) is 9.83. The number of aromatic nitrogens is 2. The Kier molecular flexibility index (Phi) is 6.32. The minimum absolute atomic E-state index is 0.0922. The number of aryl methyl sites for hydroxylation is 1. The van der Waals surface area contributed by atoms with Crippen molar-refractivity contribution in [2.24, 2.45) is 0 Å². The van der Waals surface area contributed by atoms with Crippen LogP contribution in [0.2, 0.25) is 0 Å². The molecule has 0 aromatic carbocycles. The topological polar surface area (TPSA) is 62.6 Å². The molecule has 0 spiro atoms. The molecule has 3 heterocycles. The predicted octanol–water partition coefficient (Wildman–Crippen LogP) is 0.931. The molecular formula is C19H33N5O2. The van der Waals surface area contributed by atoms with E-state index >= 15 is 0 Å². The highest BCUT2D eigenvalue weighted by Crippen LogP contribution is 2.22. The van der Waals surface area contributed by atoms with Crippen molar-refractivity contribution in [2.45, 2.75) is 59.4 Å². The van der Waals surface area contributed by atoms with Crippen molar-refractivity contribution in [3.8, 4) is 0 Å². The zero-order chi connectivity index (χ0) is 18.7. The molecule has 1 aromatic rings. The van der Waals surface area contributed by atoms with E-state index in [0.29, 0.717) is 6.04 Å². The van der Waals surface area contributed by atoms with Crippen LogP contribution in [-0.4, -0.2) is 77.0 Å². The Morgan fingerprint density at radius 2 is 2.00 bits per heavy atom. The second-order valence-corrected chi connectivity index (χ2v) is 7.81. The third-order valence-electron chi connectivity index (χ3n) is 5.47. The summed E-state index contributed by atoms with van der Waals surface area (Å²) in [6, 6.07) is 0.675. The second kappa shape index (κ2) is 8.50. The summed E-state index contributed by atoms with van der Waals surface area (Å²) in [6.07, 6.45) is 1.15. The second-order valence-electron chi connectivity index (χ2n) is 7.81. The number of nitrogens with one attached hydrogen (secondary N) is 1. The first kappa shape index (κ1) is 19.3. The first-order chi connectivity index (χ1) is 12.4. The van der Waals surface area contributed by atoms with Gasteiger partial charge in [0.25, 0.3) is 0 Å². The van der Waals surface area contributed by atoms with Crippen molar-refractivity contribution in [1.82, 2.24) is 24.9 Å². The van der Waals surface area contributed by atoms with Crippen LogP contribution in [0.5, 0.6) is 0 Å². The minimum Gasteiger partial charge on any atom is -0.462 e. The summed E-state index contributed by atoms with van der Waals surface area (Å²) in [5.74, 6) is -0.225. The van der Waals surface area contributed by atoms with Crippen LogP contribution in [0.4, 0.5) is 0 Å². The normalized spacial score (nSPS) is 22.3. The zero-order valence-corrected chi connectivity index (χ0v) is 16.6. The van der Waals surface area contributed by atoms with E-state index in [1.165, 1.54) is 12.0 Å². The molecule has 26 heavy (non-hydrogen) atoms. The summed E-state index contributed by atoms with van der Waals surface area (Å²) in [5.41, 5.74) is 3.35. The Morgan fingerprint density at radius 1 is 1.27 bits per heavy atom. The molecule has 0 amide bonds. The van der Waals surface area contributed by atoms with Gasteiger partial charge in [-0.3, -0.25) is 19.3 Å². The van der Waals surface area contributed by atoms with Crippen molar-refractivity contribution in [1.29, 1.82) is 0 Å². The molecule has 2 fully saturated rings. The molecule has 1 atom stereocenters. The van der Waals surface area contributed by atoms with Gasteiger partial charge in [0, 0.05) is 63.1 Å². The van der Waals surface area contributed by atoms with Gasteiger partial charge >= 0.3 is 5.97 Å². The van der Waals surface area contributed by atoms with Gasteiger partial charge in [0.05, 0.1) is 11.8 Å². The van der Waals surface area contributed by atoms with Gasteiger partial charge < -0.3 is 10.1 Å². The van der Waals surface area contributed by atoms with Crippen LogP contribution in [0.3, 0.4) is 0 Å². The Hall–Kier alpha value is -1.44. The number of piperazine rings is 1. The van der Waals surface area contributed by atoms with E-state index in [2.05, 4.69) is 27.1 Å². The molecule has 1 unspecified atom stereocenters. The molecule has 3 rings (SSSR count). The standard InChI is InChI=1S/C19H33N5O2/c1-14(2)26-19(25)13-24-16(4)18(15(3)21-24)12-22-8-5-17(11-22)23-9-6-20-7-10-23/h14,17,20H,5-13H2,1-4H3. The summed E-state index contributed by atoms with van der Waals surface area (Å²) in [4.78, 5) is 17.1. The fraction of sp³-hybridized carbons (Fsp3) is 0.789. The van der Waals surface area contributed by atoms with E-state index in [4.69, 9.17) is 4.74 Å². The third kappa shape index (κ3) is 4.64. The van der Waals surface area contributed by atoms with Gasteiger partial charge in [-0.15, -0.1) is 0 Å². The molecule has 2 aliphatic heterocycles. The average Bonchev–Trinajstić information content (AvgIpc) is 3.16. The summed E-state index contributed by atoms with van der Waals surface area (Å²) in [5, 5.41) is 8.01. The lowest BCUT2D eigenvalue weighted by Crippen LogP contribution is -2.49. The number of esters is 1. The number of ether oxygens (including phenoxy) is 1. The van der Waals surface area contributed by atoms with Crippen molar-refractivity contribution in [2.75, 3.05) is 39.3 Å². The zero-order valence-electron chi connectivity index (χ0n) is 16.6. The molecule has 2 aliphatic rings. The quantitative estimate of drug-likeness (QED) is 0.759. The molecule has 7 nitrogen and oxygen atoms in total. The van der Waals surface area contributed by atoms with Crippen molar-refractivity contribution in [3.05, 3.63) is 17.0 Å². The van der Waals surface area contributed by atoms with Crippen LogP contribution in [0.1, 0.15) is 37.2 Å². The molecule has 0 aliphatic carbocycles. The highest BCUT2D eigenvalue weighted by Gasteiger charge is 2.29. The molecule has 0 radical (unpaired) electrons. The average molecular weight is 364 g/mol. The van der Waals surface area contributed by atoms with Gasteiger partial charge in [-0.25, -0.2) is 0 Å². The van der Waals surface area contributed by atoms with E-state index in [0.717, 1.165) is 57.2 Å². The van der Waals surface area contributed by atoms with E-state index in [1.807, 2.05) is 20.8 Å². The molecule has 0 saturated carbocycles. The number of rotatable bonds is 6. The van der Waals surface area contributed by atoms with Crippen LogP contribution in [0.15, 0.2) is 0 Å². The number of hydrogen-bond acceptors (Lipinski definition) is 6. The van der Waals surface area contributed by atoms with E-state index < -0.39 is 0 Å². The van der Waals surface area contributed by atoms with Gasteiger partial charge in [-0.2, -0.15) is 5.10 Å². The van der Waals surface area contributed by atoms with E-state index in [1.54, 1.807) is 4.68 Å². The lowest BCUT2D eigenvalue weighted by atomic mass is 10.2. The molecule has 1 aromatic heterocycles. The van der Waals surface area contributed by atoms with Crippen LogP contribution >= 0.6 is 0 Å². The maximum atomic E-state index is 12.0. The summed E-state index contributed by atoms with van der Waals surface area (Å²) in [7, 11) is 0. The lowest BCUT2D eigenvalue weighted by Gasteiger charge is -2.32. The Bertz CT molecular complexity index is 622. The summed E-state index contributed by atoms with van der Waals surface area (Å²) in [6.45, 7) is 15.7. The Labute approximate surface area is 156 Å². The molecule has 1 N–H and O–H groups in total. The molecule has 0 bridgehead atoms. The molecular weight excluding hydrogens is 330 g/mol. The number of nitrogens with zero attached hydrogens (tertiary/aromatic N) is 4. The largest absolute Gasteiger partial charge is 0.462 e. The van der Waals surface area contributed by atoms with Crippen LogP contribution in [0.25, 0.3) is 0 Å². The minimum atomic E-state index is -0.225. The van der Waals surface area contributed by atoms with Gasteiger partial charge in [0.2, 0.25) is 0 Å². The van der Waals surface area contributed by atoms with Crippen molar-refractivity contribution in [3.63, 3.8) is 0 Å².